The van der Waals surface area contributed by atoms with Gasteiger partial charge < -0.3 is 0 Å². The summed E-state index contributed by atoms with van der Waals surface area (Å²) in [6, 6.07) is 11.9. The standard InChI is InChI=1S/C35H54BP/c1-32(2,3)29-25-12-22-13-26(29)19-34(16-22,18-25)37(31(36)24-10-8-7-9-11-24)35-17-23-14-27(20-35)30(33(4,5)6)28(15-23)21-35/h7-11,22-23,25-31H,12-21,36H2,1-6H3. The minimum Gasteiger partial charge on any atom is -0.0945 e. The third-order valence-electron chi connectivity index (χ3n) is 13.2. The van der Waals surface area contributed by atoms with E-state index in [4.69, 9.17) is 0 Å². The topological polar surface area (TPSA) is 0 Å². The summed E-state index contributed by atoms with van der Waals surface area (Å²) in [5, 5.41) is 1.34. The molecule has 0 spiro atoms. The van der Waals surface area contributed by atoms with E-state index < -0.39 is 0 Å². The van der Waals surface area contributed by atoms with Gasteiger partial charge in [-0.15, -0.1) is 0 Å². The van der Waals surface area contributed by atoms with Gasteiger partial charge in [0.2, 0.25) is 0 Å². The summed E-state index contributed by atoms with van der Waals surface area (Å²) in [4.78, 5) is 0. The first-order valence-electron chi connectivity index (χ1n) is 16.2. The van der Waals surface area contributed by atoms with E-state index in [1.54, 1.807) is 69.8 Å². The fraction of sp³-hybridized carbons (Fsp3) is 0.829. The van der Waals surface area contributed by atoms with Gasteiger partial charge in [0.15, 0.2) is 0 Å². The highest BCUT2D eigenvalue weighted by atomic mass is 31.1. The fourth-order valence-electron chi connectivity index (χ4n) is 13.6. The maximum Gasteiger partial charge on any atom is 0.116 e. The van der Waals surface area contributed by atoms with Gasteiger partial charge in [-0.3, -0.25) is 0 Å². The lowest BCUT2D eigenvalue weighted by atomic mass is 9.46. The Kier molecular flexibility index (Phi) is 5.81. The minimum atomic E-state index is -0.0562. The monoisotopic (exact) mass is 516 g/mol. The Morgan fingerprint density at radius 3 is 1.38 bits per heavy atom. The summed E-state index contributed by atoms with van der Waals surface area (Å²) in [6.07, 6.45) is 15.8. The largest absolute Gasteiger partial charge is 0.116 e. The molecule has 202 valence electrons. The number of benzene rings is 1. The van der Waals surface area contributed by atoms with Crippen molar-refractivity contribution in [3.05, 3.63) is 35.9 Å². The molecule has 37 heavy (non-hydrogen) atoms. The molecule has 0 aromatic heterocycles. The lowest BCUT2D eigenvalue weighted by Crippen LogP contribution is -2.62. The van der Waals surface area contributed by atoms with Crippen LogP contribution < -0.4 is 0 Å². The Bertz CT molecular complexity index is 924. The molecule has 8 saturated carbocycles. The zero-order valence-corrected chi connectivity index (χ0v) is 26.0. The van der Waals surface area contributed by atoms with Gasteiger partial charge in [0.25, 0.3) is 0 Å². The van der Waals surface area contributed by atoms with Crippen molar-refractivity contribution in [3.63, 3.8) is 0 Å². The normalized spacial score (nSPS) is 47.8. The molecule has 8 bridgehead atoms. The summed E-state index contributed by atoms with van der Waals surface area (Å²) in [5.41, 5.74) is 3.42. The SMILES string of the molecule is BC(c1ccccc1)P(C12CC3CC(C1)C(C(C)(C)C)C(C3)C2)C12CC3CC(C1)C(C(C)(C)C)C(C3)C2. The van der Waals surface area contributed by atoms with Crippen LogP contribution in [0.25, 0.3) is 0 Å². The molecule has 8 aliphatic carbocycles. The zero-order chi connectivity index (χ0) is 26.0. The Balaban J connectivity index is 1.32. The van der Waals surface area contributed by atoms with Gasteiger partial charge in [0.05, 0.1) is 0 Å². The van der Waals surface area contributed by atoms with Gasteiger partial charge in [-0.2, -0.15) is 0 Å². The van der Waals surface area contributed by atoms with Crippen molar-refractivity contribution in [1.29, 1.82) is 0 Å². The predicted molar refractivity (Wildman–Crippen MR) is 163 cm³/mol. The van der Waals surface area contributed by atoms with Crippen molar-refractivity contribution in [2.24, 2.45) is 58.2 Å². The van der Waals surface area contributed by atoms with Crippen LogP contribution in [0, 0.1) is 58.2 Å². The molecule has 5 unspecified atom stereocenters. The van der Waals surface area contributed by atoms with Crippen LogP contribution in [0.4, 0.5) is 0 Å². The highest BCUT2D eigenvalue weighted by Crippen LogP contribution is 2.84. The molecule has 0 amide bonds. The minimum absolute atomic E-state index is 0.0562. The molecule has 0 saturated heterocycles. The summed E-state index contributed by atoms with van der Waals surface area (Å²) in [5.74, 6) is 8.07. The van der Waals surface area contributed by atoms with Gasteiger partial charge in [0, 0.05) is 0 Å². The number of hydrogen-bond acceptors (Lipinski definition) is 0. The fourth-order valence-corrected chi connectivity index (χ4v) is 19.3. The van der Waals surface area contributed by atoms with Crippen LogP contribution in [0.2, 0.25) is 0 Å². The summed E-state index contributed by atoms with van der Waals surface area (Å²) in [6.45, 7) is 15.5. The smallest absolute Gasteiger partial charge is 0.0945 e. The summed E-state index contributed by atoms with van der Waals surface area (Å²) in [7, 11) is 2.67. The molecular formula is C35H54BP. The van der Waals surface area contributed by atoms with E-state index in [1.165, 1.54) is 0 Å². The first kappa shape index (κ1) is 25.7. The highest BCUT2D eigenvalue weighted by Gasteiger charge is 2.67. The van der Waals surface area contributed by atoms with Crippen molar-refractivity contribution in [3.8, 4) is 0 Å². The van der Waals surface area contributed by atoms with Crippen molar-refractivity contribution in [2.75, 3.05) is 0 Å². The molecule has 0 radical (unpaired) electrons. The number of hydrogen-bond donors (Lipinski definition) is 0. The van der Waals surface area contributed by atoms with Gasteiger partial charge in [-0.1, -0.05) is 79.8 Å². The van der Waals surface area contributed by atoms with E-state index in [-0.39, 0.29) is 7.92 Å². The Labute approximate surface area is 231 Å². The van der Waals surface area contributed by atoms with Crippen LogP contribution in [0.15, 0.2) is 30.3 Å². The zero-order valence-electron chi connectivity index (χ0n) is 25.1. The second-order valence-electron chi connectivity index (χ2n) is 17.6. The van der Waals surface area contributed by atoms with E-state index in [1.807, 2.05) is 0 Å². The lowest BCUT2D eigenvalue weighted by Gasteiger charge is -2.72. The van der Waals surface area contributed by atoms with Gasteiger partial charge in [0.1, 0.15) is 7.85 Å². The van der Waals surface area contributed by atoms with Gasteiger partial charge >= 0.3 is 0 Å². The first-order valence-corrected chi connectivity index (χ1v) is 17.6. The second kappa shape index (κ2) is 8.37. The molecule has 0 nitrogen and oxygen atoms in total. The van der Waals surface area contributed by atoms with Crippen LogP contribution >= 0.6 is 7.92 Å². The molecule has 0 N–H and O–H groups in total. The van der Waals surface area contributed by atoms with Crippen LogP contribution in [-0.2, 0) is 0 Å². The molecule has 0 heterocycles. The van der Waals surface area contributed by atoms with Crippen molar-refractivity contribution in [2.45, 2.75) is 122 Å². The molecular weight excluding hydrogens is 462 g/mol. The molecule has 1 aromatic carbocycles. The second-order valence-corrected chi connectivity index (χ2v) is 21.0. The Morgan fingerprint density at radius 1 is 0.649 bits per heavy atom. The Hall–Kier alpha value is -0.285. The molecule has 8 fully saturated rings. The third kappa shape index (κ3) is 3.92. The van der Waals surface area contributed by atoms with Crippen LogP contribution in [0.1, 0.15) is 117 Å². The van der Waals surface area contributed by atoms with Gasteiger partial charge in [-0.05, 0) is 144 Å². The summed E-state index contributed by atoms with van der Waals surface area (Å²) < 4.78 is 0. The predicted octanol–water partition coefficient (Wildman–Crippen LogP) is 9.28. The third-order valence-corrected chi connectivity index (χ3v) is 17.4. The average Bonchev–Trinajstić information content (AvgIpc) is 2.76. The number of rotatable bonds is 4. The highest BCUT2D eigenvalue weighted by molar-refractivity contribution is 7.63. The van der Waals surface area contributed by atoms with E-state index >= 15 is 0 Å². The first-order chi connectivity index (χ1) is 17.4. The van der Waals surface area contributed by atoms with Crippen molar-refractivity contribution in [1.82, 2.24) is 0 Å². The maximum absolute atomic E-state index is 2.72. The van der Waals surface area contributed by atoms with Crippen LogP contribution in [0.3, 0.4) is 0 Å². The quantitative estimate of drug-likeness (QED) is 0.276. The van der Waals surface area contributed by atoms with E-state index in [0.29, 0.717) is 21.1 Å². The molecule has 0 aliphatic heterocycles. The van der Waals surface area contributed by atoms with Gasteiger partial charge in [-0.25, -0.2) is 0 Å². The van der Waals surface area contributed by atoms with Crippen molar-refractivity contribution < 1.29 is 0 Å². The molecule has 5 atom stereocenters. The maximum atomic E-state index is 2.72. The Morgan fingerprint density at radius 2 is 1.03 bits per heavy atom. The average molecular weight is 517 g/mol. The molecule has 2 heteroatoms. The van der Waals surface area contributed by atoms with E-state index in [2.05, 4.69) is 79.7 Å². The van der Waals surface area contributed by atoms with Crippen molar-refractivity contribution >= 4 is 15.8 Å². The molecule has 9 rings (SSSR count). The lowest BCUT2D eigenvalue weighted by molar-refractivity contribution is -0.0815. The summed E-state index contributed by atoms with van der Waals surface area (Å²) >= 11 is 0. The van der Waals surface area contributed by atoms with Crippen LogP contribution in [-0.4, -0.2) is 18.2 Å². The van der Waals surface area contributed by atoms with E-state index in [9.17, 15) is 0 Å². The van der Waals surface area contributed by atoms with Crippen LogP contribution in [0.5, 0.6) is 0 Å². The molecule has 8 aliphatic rings. The molecule has 1 aromatic rings. The van der Waals surface area contributed by atoms with E-state index in [0.717, 1.165) is 52.9 Å².